The van der Waals surface area contributed by atoms with Gasteiger partial charge in [0.2, 0.25) is 0 Å². The van der Waals surface area contributed by atoms with Gasteiger partial charge in [-0.05, 0) is 0 Å². The fraction of sp³-hybridized carbons (Fsp3) is 0.714. The van der Waals surface area contributed by atoms with Crippen LogP contribution in [0, 0.1) is 35.5 Å². The Balaban J connectivity index is 2.54. The molecule has 0 spiro atoms. The van der Waals surface area contributed by atoms with Crippen LogP contribution in [-0.4, -0.2) is 44.2 Å². The normalized spacial score (nSPS) is 18.6. The van der Waals surface area contributed by atoms with Crippen LogP contribution in [0.2, 0.25) is 0 Å². The van der Waals surface area contributed by atoms with Crippen LogP contribution in [0.25, 0.3) is 0 Å². The third-order valence-corrected chi connectivity index (χ3v) is 13.6. The van der Waals surface area contributed by atoms with Crippen molar-refractivity contribution in [2.24, 2.45) is 35.5 Å². The van der Waals surface area contributed by atoms with Gasteiger partial charge in [0.05, 0.1) is 0 Å². The molecule has 0 amide bonds. The second kappa shape index (κ2) is 10.4. The van der Waals surface area contributed by atoms with E-state index in [0.29, 0.717) is 35.5 Å². The summed E-state index contributed by atoms with van der Waals surface area (Å²) in [6.45, 7) is 29.1. The van der Waals surface area contributed by atoms with Crippen molar-refractivity contribution >= 4 is 44.2 Å². The van der Waals surface area contributed by atoms with Gasteiger partial charge in [-0.15, -0.1) is 0 Å². The van der Waals surface area contributed by atoms with Crippen LogP contribution in [0.3, 0.4) is 0 Å². The number of rotatable bonds is 8. The summed E-state index contributed by atoms with van der Waals surface area (Å²) in [6.07, 6.45) is 2.62. The van der Waals surface area contributed by atoms with E-state index in [1.165, 1.54) is 12.8 Å². The topological polar surface area (TPSA) is 0 Å². The minimum absolute atomic E-state index is 0.661. The molecular formula is C28H46Ba. The Bertz CT molecular complexity index is 681. The van der Waals surface area contributed by atoms with Crippen molar-refractivity contribution in [3.05, 3.63) is 33.5 Å². The summed E-state index contributed by atoms with van der Waals surface area (Å²) >= 11 is -1.35. The molecule has 0 atom stereocenters. The Morgan fingerprint density at radius 2 is 0.690 bits per heavy atom. The average Bonchev–Trinajstić information content (AvgIpc) is 3.14. The molecule has 0 heterocycles. The molecule has 0 saturated carbocycles. The first-order valence-corrected chi connectivity index (χ1v) is 16.7. The molecule has 0 fully saturated rings. The Kier molecular flexibility index (Phi) is 9.28. The molecule has 0 radical (unpaired) electrons. The molecule has 0 bridgehead atoms. The molecule has 2 aliphatic rings. The summed E-state index contributed by atoms with van der Waals surface area (Å²) in [4.78, 5) is 0. The van der Waals surface area contributed by atoms with E-state index in [1.807, 2.05) is 0.0821 Å². The number of hydrogen-bond acceptors (Lipinski definition) is 0. The molecule has 0 aromatic heterocycles. The molecular weight excluding hydrogens is 474 g/mol. The zero-order chi connectivity index (χ0) is 22.2. The molecule has 0 aliphatic heterocycles. The van der Waals surface area contributed by atoms with E-state index < -0.39 is 44.2 Å². The molecule has 0 unspecified atom stereocenters. The second-order valence-corrected chi connectivity index (χ2v) is 17.8. The molecule has 0 nitrogen and oxygen atoms in total. The number of allylic oxidation sites excluding steroid dienone is 8. The van der Waals surface area contributed by atoms with Crippen LogP contribution in [0.1, 0.15) is 95.9 Å². The first kappa shape index (κ1) is 25.8. The number of hydrogen-bond donors (Lipinski definition) is 0. The van der Waals surface area contributed by atoms with E-state index in [4.69, 9.17) is 0 Å². The van der Waals surface area contributed by atoms with Crippen LogP contribution in [0.5, 0.6) is 0 Å². The van der Waals surface area contributed by atoms with Gasteiger partial charge in [0.1, 0.15) is 0 Å². The van der Waals surface area contributed by atoms with Crippen molar-refractivity contribution in [3.63, 3.8) is 0 Å². The van der Waals surface area contributed by atoms with E-state index in [0.717, 1.165) is 0 Å². The predicted molar refractivity (Wildman–Crippen MR) is 132 cm³/mol. The SMILES string of the molecule is CC(C)C1=C(C(C)C)C(C(C)C)=[C]([Ba][C]2=C(C(C)C)C(C(C)C)=C(C(C)C)C2)C1. The molecule has 29 heavy (non-hydrogen) atoms. The van der Waals surface area contributed by atoms with Crippen LogP contribution in [0.4, 0.5) is 0 Å². The molecule has 2 rings (SSSR count). The van der Waals surface area contributed by atoms with Gasteiger partial charge >= 0.3 is 209 Å². The second-order valence-electron chi connectivity index (χ2n) is 11.4. The standard InChI is InChI=1S/2C14H23.Ba/c2*1-9(2)12-7-8-13(10(3)4)14(12)11(5)6;/h2*9-11H,7H2,1-6H3;. The first-order chi connectivity index (χ1) is 13.4. The monoisotopic (exact) mass is 520 g/mol. The van der Waals surface area contributed by atoms with E-state index in [1.54, 1.807) is 33.4 Å². The fourth-order valence-electron chi connectivity index (χ4n) is 5.97. The first-order valence-electron chi connectivity index (χ1n) is 12.3. The maximum absolute atomic E-state index is 2.44. The summed E-state index contributed by atoms with van der Waals surface area (Å²) in [5.74, 6) is 4.03. The van der Waals surface area contributed by atoms with E-state index >= 15 is 0 Å². The van der Waals surface area contributed by atoms with Gasteiger partial charge in [-0.25, -0.2) is 0 Å². The Morgan fingerprint density at radius 3 is 0.897 bits per heavy atom. The van der Waals surface area contributed by atoms with Crippen LogP contribution >= 0.6 is 0 Å². The Morgan fingerprint density at radius 1 is 0.414 bits per heavy atom. The summed E-state index contributed by atoms with van der Waals surface area (Å²) in [5.41, 5.74) is 10.6. The Labute approximate surface area is 207 Å². The van der Waals surface area contributed by atoms with Crippen molar-refractivity contribution in [1.29, 1.82) is 0 Å². The van der Waals surface area contributed by atoms with Gasteiger partial charge in [0.25, 0.3) is 0 Å². The zero-order valence-corrected chi connectivity index (χ0v) is 26.0. The van der Waals surface area contributed by atoms with Crippen molar-refractivity contribution < 1.29 is 0 Å². The van der Waals surface area contributed by atoms with E-state index in [9.17, 15) is 0 Å². The van der Waals surface area contributed by atoms with Crippen molar-refractivity contribution in [2.75, 3.05) is 0 Å². The molecule has 0 aromatic carbocycles. The molecule has 2 aliphatic carbocycles. The predicted octanol–water partition coefficient (Wildman–Crippen LogP) is 8.54. The zero-order valence-electron chi connectivity index (χ0n) is 21.6. The van der Waals surface area contributed by atoms with Crippen molar-refractivity contribution in [3.8, 4) is 0 Å². The van der Waals surface area contributed by atoms with Crippen molar-refractivity contribution in [1.82, 2.24) is 0 Å². The van der Waals surface area contributed by atoms with Crippen LogP contribution in [0.15, 0.2) is 33.5 Å². The van der Waals surface area contributed by atoms with Gasteiger partial charge in [-0.3, -0.25) is 0 Å². The third-order valence-electron chi connectivity index (χ3n) is 6.97. The van der Waals surface area contributed by atoms with Gasteiger partial charge in [-0.2, -0.15) is 0 Å². The van der Waals surface area contributed by atoms with Crippen molar-refractivity contribution in [2.45, 2.75) is 95.9 Å². The molecule has 0 saturated heterocycles. The van der Waals surface area contributed by atoms with Crippen LogP contribution < -0.4 is 0 Å². The summed E-state index contributed by atoms with van der Waals surface area (Å²) in [6, 6.07) is 0. The quantitative estimate of drug-likeness (QED) is 0.282. The minimum atomic E-state index is -1.35. The molecule has 0 N–H and O–H groups in total. The molecule has 1 heteroatoms. The van der Waals surface area contributed by atoms with Gasteiger partial charge < -0.3 is 0 Å². The van der Waals surface area contributed by atoms with E-state index in [2.05, 4.69) is 83.1 Å². The van der Waals surface area contributed by atoms with E-state index in [-0.39, 0.29) is 0 Å². The summed E-state index contributed by atoms with van der Waals surface area (Å²) < 4.78 is 3.90. The summed E-state index contributed by atoms with van der Waals surface area (Å²) in [5, 5.41) is 0. The van der Waals surface area contributed by atoms with Gasteiger partial charge in [-0.1, -0.05) is 0 Å². The van der Waals surface area contributed by atoms with Gasteiger partial charge in [0.15, 0.2) is 0 Å². The van der Waals surface area contributed by atoms with Gasteiger partial charge in [0, 0.05) is 0 Å². The van der Waals surface area contributed by atoms with Crippen LogP contribution in [-0.2, 0) is 0 Å². The maximum atomic E-state index is 2.44. The molecule has 0 aromatic rings. The fourth-order valence-corrected chi connectivity index (χ4v) is 15.0. The average molecular weight is 520 g/mol. The Hall–Kier alpha value is 0.531. The summed E-state index contributed by atoms with van der Waals surface area (Å²) in [7, 11) is 0. The third kappa shape index (κ3) is 5.48. The molecule has 160 valence electrons.